The molecule has 0 fully saturated rings. The average molecular weight is 274 g/mol. The van der Waals surface area contributed by atoms with Gasteiger partial charge in [-0.2, -0.15) is 4.57 Å². The van der Waals surface area contributed by atoms with Crippen LogP contribution >= 0.6 is 0 Å². The summed E-state index contributed by atoms with van der Waals surface area (Å²) in [6.07, 6.45) is 9.24. The number of nitrogens with zero attached hydrogens (tertiary/aromatic N) is 1. The van der Waals surface area contributed by atoms with Gasteiger partial charge in [0.05, 0.1) is 0 Å². The van der Waals surface area contributed by atoms with Gasteiger partial charge in [-0.15, -0.1) is 6.42 Å². The van der Waals surface area contributed by atoms with Gasteiger partial charge in [0.1, 0.15) is 0 Å². The van der Waals surface area contributed by atoms with E-state index in [4.69, 9.17) is 6.42 Å². The van der Waals surface area contributed by atoms with Crippen LogP contribution in [0.15, 0.2) is 54.9 Å². The lowest BCUT2D eigenvalue weighted by atomic mass is 10.1. The van der Waals surface area contributed by atoms with Gasteiger partial charge in [0, 0.05) is 12.1 Å². The monoisotopic (exact) mass is 273 g/mol. The lowest BCUT2D eigenvalue weighted by molar-refractivity contribution is -0.684. The molecule has 0 saturated carbocycles. The number of hydrogen-bond acceptors (Lipinski definition) is 0. The summed E-state index contributed by atoms with van der Waals surface area (Å²) < 4.78 is 1.98. The Labute approximate surface area is 107 Å². The molecule has 1 nitrogen and oxygen atoms in total. The standard InChI is InChI=1S/C14H12N.BrH/c1-2-10-15-11-8-14(9-12-15)13-6-4-3-5-7-13;/h1,3-9,11-12H,10H2;1H/q+1;/p-1. The van der Waals surface area contributed by atoms with E-state index in [1.165, 1.54) is 11.1 Å². The van der Waals surface area contributed by atoms with Crippen LogP contribution in [0.4, 0.5) is 0 Å². The zero-order chi connectivity index (χ0) is 10.5. The lowest BCUT2D eigenvalue weighted by Gasteiger charge is -1.99. The first-order valence-corrected chi connectivity index (χ1v) is 4.88. The molecule has 1 aromatic heterocycles. The van der Waals surface area contributed by atoms with Crippen molar-refractivity contribution in [3.63, 3.8) is 0 Å². The van der Waals surface area contributed by atoms with Crippen molar-refractivity contribution in [2.24, 2.45) is 0 Å². The van der Waals surface area contributed by atoms with Crippen molar-refractivity contribution < 1.29 is 21.5 Å². The second-order valence-corrected chi connectivity index (χ2v) is 3.33. The minimum Gasteiger partial charge on any atom is -1.00 e. The van der Waals surface area contributed by atoms with Crippen LogP contribution in [0, 0.1) is 12.3 Å². The number of benzene rings is 1. The van der Waals surface area contributed by atoms with E-state index < -0.39 is 0 Å². The van der Waals surface area contributed by atoms with Crippen LogP contribution in [0.1, 0.15) is 0 Å². The van der Waals surface area contributed by atoms with Crippen molar-refractivity contribution in [1.29, 1.82) is 0 Å². The van der Waals surface area contributed by atoms with Gasteiger partial charge in [-0.1, -0.05) is 30.3 Å². The van der Waals surface area contributed by atoms with Crippen LogP contribution < -0.4 is 21.5 Å². The second kappa shape index (κ2) is 6.09. The second-order valence-electron chi connectivity index (χ2n) is 3.33. The van der Waals surface area contributed by atoms with E-state index in [1.807, 2.05) is 35.2 Å². The smallest absolute Gasteiger partial charge is 0.208 e. The molecule has 2 heteroatoms. The minimum atomic E-state index is 0. The lowest BCUT2D eigenvalue weighted by Crippen LogP contribution is -3.00. The SMILES string of the molecule is C#CC[n+]1ccc(-c2ccccc2)cc1.[Br-]. The van der Waals surface area contributed by atoms with E-state index >= 15 is 0 Å². The van der Waals surface area contributed by atoms with Crippen LogP contribution in [0.25, 0.3) is 11.1 Å². The van der Waals surface area contributed by atoms with Gasteiger partial charge >= 0.3 is 0 Å². The van der Waals surface area contributed by atoms with Crippen molar-refractivity contribution in [3.8, 4) is 23.5 Å². The molecule has 0 atom stereocenters. The first-order valence-electron chi connectivity index (χ1n) is 4.88. The topological polar surface area (TPSA) is 3.88 Å². The van der Waals surface area contributed by atoms with Crippen molar-refractivity contribution in [2.45, 2.75) is 6.54 Å². The summed E-state index contributed by atoms with van der Waals surface area (Å²) in [5.41, 5.74) is 2.44. The largest absolute Gasteiger partial charge is 1.00 e. The highest BCUT2D eigenvalue weighted by Gasteiger charge is 1.99. The minimum absolute atomic E-state index is 0. The highest BCUT2D eigenvalue weighted by atomic mass is 79.9. The molecule has 80 valence electrons. The van der Waals surface area contributed by atoms with Gasteiger partial charge in [-0.05, 0) is 17.0 Å². The van der Waals surface area contributed by atoms with E-state index in [9.17, 15) is 0 Å². The number of aromatic nitrogens is 1. The van der Waals surface area contributed by atoms with Crippen molar-refractivity contribution in [3.05, 3.63) is 54.9 Å². The maximum absolute atomic E-state index is 5.24. The number of terminal acetylenes is 1. The first-order chi connectivity index (χ1) is 7.40. The molecular formula is C14H12BrN. The molecule has 0 spiro atoms. The molecule has 1 heterocycles. The predicted molar refractivity (Wildman–Crippen MR) is 60.9 cm³/mol. The molecule has 0 bridgehead atoms. The zero-order valence-corrected chi connectivity index (χ0v) is 10.4. The zero-order valence-electron chi connectivity index (χ0n) is 8.81. The third kappa shape index (κ3) is 2.95. The van der Waals surface area contributed by atoms with E-state index in [2.05, 4.69) is 30.2 Å². The van der Waals surface area contributed by atoms with Crippen molar-refractivity contribution in [2.75, 3.05) is 0 Å². The van der Waals surface area contributed by atoms with E-state index in [-0.39, 0.29) is 17.0 Å². The quantitative estimate of drug-likeness (QED) is 0.502. The summed E-state index contributed by atoms with van der Waals surface area (Å²) in [4.78, 5) is 0. The predicted octanol–water partition coefficient (Wildman–Crippen LogP) is -0.722. The highest BCUT2D eigenvalue weighted by Crippen LogP contribution is 2.16. The van der Waals surface area contributed by atoms with Gasteiger partial charge in [0.25, 0.3) is 0 Å². The Balaban J connectivity index is 0.00000128. The highest BCUT2D eigenvalue weighted by molar-refractivity contribution is 5.61. The van der Waals surface area contributed by atoms with Crippen LogP contribution in [-0.2, 0) is 6.54 Å². The van der Waals surface area contributed by atoms with Crippen LogP contribution in [0.5, 0.6) is 0 Å². The molecule has 0 aliphatic carbocycles. The molecule has 16 heavy (non-hydrogen) atoms. The molecule has 0 aliphatic rings. The van der Waals surface area contributed by atoms with Gasteiger partial charge in [0.2, 0.25) is 6.54 Å². The maximum atomic E-state index is 5.24. The van der Waals surface area contributed by atoms with E-state index in [0.29, 0.717) is 6.54 Å². The van der Waals surface area contributed by atoms with E-state index in [1.54, 1.807) is 0 Å². The number of hydrogen-bond donors (Lipinski definition) is 0. The van der Waals surface area contributed by atoms with Gasteiger partial charge in [-0.3, -0.25) is 0 Å². The molecule has 0 saturated heterocycles. The number of pyridine rings is 1. The normalized spacial score (nSPS) is 8.94. The summed E-state index contributed by atoms with van der Waals surface area (Å²) in [7, 11) is 0. The fraction of sp³-hybridized carbons (Fsp3) is 0.0714. The van der Waals surface area contributed by atoms with Gasteiger partial charge in [-0.25, -0.2) is 0 Å². The van der Waals surface area contributed by atoms with Crippen molar-refractivity contribution >= 4 is 0 Å². The Kier molecular flexibility index (Phi) is 4.75. The molecule has 0 amide bonds. The third-order valence-electron chi connectivity index (χ3n) is 2.27. The van der Waals surface area contributed by atoms with Crippen molar-refractivity contribution in [1.82, 2.24) is 0 Å². The summed E-state index contributed by atoms with van der Waals surface area (Å²) in [6.45, 7) is 0.620. The number of halogens is 1. The summed E-state index contributed by atoms with van der Waals surface area (Å²) in [6, 6.07) is 14.4. The molecule has 0 aliphatic heterocycles. The fourth-order valence-corrected chi connectivity index (χ4v) is 1.49. The Hall–Kier alpha value is -1.59. The molecule has 2 aromatic rings. The Morgan fingerprint density at radius 2 is 1.50 bits per heavy atom. The molecule has 0 unspecified atom stereocenters. The number of rotatable bonds is 2. The van der Waals surface area contributed by atoms with Crippen LogP contribution in [0.2, 0.25) is 0 Å². The van der Waals surface area contributed by atoms with Gasteiger partial charge < -0.3 is 17.0 Å². The summed E-state index contributed by atoms with van der Waals surface area (Å²) in [5.74, 6) is 2.61. The Morgan fingerprint density at radius 3 is 2.06 bits per heavy atom. The molecule has 2 rings (SSSR count). The molecular weight excluding hydrogens is 262 g/mol. The Morgan fingerprint density at radius 1 is 0.938 bits per heavy atom. The summed E-state index contributed by atoms with van der Waals surface area (Å²) in [5, 5.41) is 0. The Bertz CT molecular complexity index is 468. The molecule has 0 N–H and O–H groups in total. The van der Waals surface area contributed by atoms with Crippen LogP contribution in [-0.4, -0.2) is 0 Å². The third-order valence-corrected chi connectivity index (χ3v) is 2.27. The van der Waals surface area contributed by atoms with E-state index in [0.717, 1.165) is 0 Å². The molecule has 1 aromatic carbocycles. The summed E-state index contributed by atoms with van der Waals surface area (Å²) >= 11 is 0. The molecule has 0 radical (unpaired) electrons. The fourth-order valence-electron chi connectivity index (χ4n) is 1.49. The average Bonchev–Trinajstić information content (AvgIpc) is 2.32. The first kappa shape index (κ1) is 12.5. The van der Waals surface area contributed by atoms with Gasteiger partial charge in [0.15, 0.2) is 12.4 Å². The van der Waals surface area contributed by atoms with Crippen LogP contribution in [0.3, 0.4) is 0 Å². The maximum Gasteiger partial charge on any atom is 0.208 e.